The quantitative estimate of drug-likeness (QED) is 0.475. The van der Waals surface area contributed by atoms with E-state index in [4.69, 9.17) is 4.74 Å². The Hall–Kier alpha value is -1.84. The molecule has 2 rings (SSSR count). The van der Waals surface area contributed by atoms with Crippen LogP contribution in [0.5, 0.6) is 5.75 Å². The zero-order chi connectivity index (χ0) is 16.8. The summed E-state index contributed by atoms with van der Waals surface area (Å²) in [7, 11) is 0. The fourth-order valence-corrected chi connectivity index (χ4v) is 3.00. The van der Waals surface area contributed by atoms with Gasteiger partial charge in [0.25, 0.3) is 0 Å². The smallest absolute Gasteiger partial charge is 0.311 e. The second-order valence-electron chi connectivity index (χ2n) is 6.58. The molecule has 4 nitrogen and oxygen atoms in total. The third kappa shape index (κ3) is 4.81. The highest BCUT2D eigenvalue weighted by Crippen LogP contribution is 2.36. The lowest BCUT2D eigenvalue weighted by atomic mass is 9.73. The second-order valence-corrected chi connectivity index (χ2v) is 6.58. The van der Waals surface area contributed by atoms with E-state index in [1.54, 1.807) is 0 Å². The van der Waals surface area contributed by atoms with Crippen LogP contribution in [0.2, 0.25) is 0 Å². The van der Waals surface area contributed by atoms with Gasteiger partial charge >= 0.3 is 5.97 Å². The molecule has 1 aromatic rings. The van der Waals surface area contributed by atoms with Crippen LogP contribution in [0.3, 0.4) is 0 Å². The van der Waals surface area contributed by atoms with Crippen LogP contribution in [0.25, 0.3) is 0 Å². The van der Waals surface area contributed by atoms with Crippen molar-refractivity contribution in [2.75, 3.05) is 6.54 Å². The van der Waals surface area contributed by atoms with Crippen molar-refractivity contribution in [3.05, 3.63) is 29.3 Å². The third-order valence-electron chi connectivity index (χ3n) is 4.52. The van der Waals surface area contributed by atoms with Crippen LogP contribution in [-0.4, -0.2) is 18.4 Å². The summed E-state index contributed by atoms with van der Waals surface area (Å²) in [6.07, 6.45) is 4.08. The van der Waals surface area contributed by atoms with Crippen LogP contribution < -0.4 is 10.1 Å². The Morgan fingerprint density at radius 1 is 1.22 bits per heavy atom. The van der Waals surface area contributed by atoms with E-state index in [0.717, 1.165) is 43.4 Å². The average Bonchev–Trinajstić information content (AvgIpc) is 2.46. The molecule has 1 aliphatic rings. The van der Waals surface area contributed by atoms with Crippen molar-refractivity contribution in [2.45, 2.75) is 52.9 Å². The lowest BCUT2D eigenvalue weighted by molar-refractivity contribution is -0.139. The van der Waals surface area contributed by atoms with Gasteiger partial charge in [-0.2, -0.15) is 0 Å². The van der Waals surface area contributed by atoms with Gasteiger partial charge in [0.1, 0.15) is 5.75 Å². The van der Waals surface area contributed by atoms with Crippen LogP contribution >= 0.6 is 0 Å². The van der Waals surface area contributed by atoms with E-state index in [2.05, 4.69) is 12.2 Å². The molecule has 4 heteroatoms. The molecule has 1 saturated carbocycles. The summed E-state index contributed by atoms with van der Waals surface area (Å²) < 4.78 is 5.52. The number of esters is 1. The van der Waals surface area contributed by atoms with E-state index in [-0.39, 0.29) is 23.7 Å². The lowest BCUT2D eigenvalue weighted by Crippen LogP contribution is -2.40. The largest absolute Gasteiger partial charge is 0.426 e. The molecule has 1 fully saturated rings. The maximum Gasteiger partial charge on any atom is 0.311 e. The van der Waals surface area contributed by atoms with E-state index in [1.807, 2.05) is 32.0 Å². The summed E-state index contributed by atoms with van der Waals surface area (Å²) in [5.74, 6) is 0.958. The highest BCUT2D eigenvalue weighted by Gasteiger charge is 2.35. The molecular formula is C19H27NO3. The van der Waals surface area contributed by atoms with Crippen LogP contribution in [0, 0.1) is 25.7 Å². The van der Waals surface area contributed by atoms with Crippen molar-refractivity contribution in [1.29, 1.82) is 0 Å². The summed E-state index contributed by atoms with van der Waals surface area (Å²) in [6, 6.07) is 5.83. The number of amides is 1. The normalized spacial score (nSPS) is 19.8. The van der Waals surface area contributed by atoms with Gasteiger partial charge in [0, 0.05) is 18.9 Å². The van der Waals surface area contributed by atoms with Gasteiger partial charge in [-0.05, 0) is 50.2 Å². The first-order chi connectivity index (χ1) is 11.0. The van der Waals surface area contributed by atoms with Gasteiger partial charge in [-0.25, -0.2) is 0 Å². The van der Waals surface area contributed by atoms with Crippen molar-refractivity contribution >= 4 is 11.9 Å². The summed E-state index contributed by atoms with van der Waals surface area (Å²) in [4.78, 5) is 24.0. The van der Waals surface area contributed by atoms with Gasteiger partial charge in [-0.15, -0.1) is 0 Å². The minimum atomic E-state index is -0.197. The molecule has 0 unspecified atom stereocenters. The summed E-state index contributed by atoms with van der Waals surface area (Å²) in [5, 5.41) is 2.96. The maximum absolute atomic E-state index is 12.1. The number of ether oxygens (including phenoxy) is 1. The Bertz CT molecular complexity index is 541. The number of carbonyl (C=O) groups excluding carboxylic acids is 2. The molecule has 0 aliphatic heterocycles. The number of hydrogen-bond acceptors (Lipinski definition) is 3. The molecule has 23 heavy (non-hydrogen) atoms. The van der Waals surface area contributed by atoms with Crippen molar-refractivity contribution in [1.82, 2.24) is 5.32 Å². The molecule has 0 bridgehead atoms. The van der Waals surface area contributed by atoms with Crippen molar-refractivity contribution < 1.29 is 14.3 Å². The van der Waals surface area contributed by atoms with Crippen molar-refractivity contribution in [3.8, 4) is 5.75 Å². The number of carbonyl (C=O) groups is 2. The van der Waals surface area contributed by atoms with E-state index in [0.29, 0.717) is 12.2 Å². The molecule has 0 heterocycles. The molecule has 126 valence electrons. The summed E-state index contributed by atoms with van der Waals surface area (Å²) >= 11 is 0. The molecule has 0 radical (unpaired) electrons. The zero-order valence-corrected chi connectivity index (χ0v) is 14.4. The number of nitrogens with one attached hydrogen (secondary N) is 1. The van der Waals surface area contributed by atoms with Gasteiger partial charge in [-0.3, -0.25) is 9.59 Å². The van der Waals surface area contributed by atoms with Crippen molar-refractivity contribution in [2.24, 2.45) is 11.8 Å². The minimum absolute atomic E-state index is 0.0739. The Labute approximate surface area is 138 Å². The highest BCUT2D eigenvalue weighted by atomic mass is 16.5. The molecule has 0 spiro atoms. The van der Waals surface area contributed by atoms with Gasteiger partial charge in [0.05, 0.1) is 0 Å². The topological polar surface area (TPSA) is 55.4 Å². The molecule has 1 aliphatic carbocycles. The first-order valence-corrected chi connectivity index (χ1v) is 8.55. The van der Waals surface area contributed by atoms with Crippen LogP contribution in [-0.2, 0) is 9.59 Å². The second kappa shape index (κ2) is 8.14. The SMILES string of the molecule is CCCCNC(=O)C1CC(CC(=O)Oc2c(C)cccc2C)C1. The zero-order valence-electron chi connectivity index (χ0n) is 14.4. The van der Waals surface area contributed by atoms with Gasteiger partial charge in [0.15, 0.2) is 0 Å². The van der Waals surface area contributed by atoms with Crippen LogP contribution in [0.4, 0.5) is 0 Å². The predicted octanol–water partition coefficient (Wildman–Crippen LogP) is 3.54. The van der Waals surface area contributed by atoms with Gasteiger partial charge < -0.3 is 10.1 Å². The maximum atomic E-state index is 12.1. The number of benzene rings is 1. The monoisotopic (exact) mass is 317 g/mol. The highest BCUT2D eigenvalue weighted by molar-refractivity contribution is 5.80. The van der Waals surface area contributed by atoms with E-state index in [1.165, 1.54) is 0 Å². The molecule has 1 N–H and O–H groups in total. The Kier molecular flexibility index (Phi) is 6.20. The molecule has 0 saturated heterocycles. The standard InChI is InChI=1S/C19H27NO3/c1-4-5-9-20-19(22)16-10-15(11-16)12-17(21)23-18-13(2)7-6-8-14(18)3/h6-8,15-16H,4-5,9-12H2,1-3H3,(H,20,22). The number of rotatable bonds is 7. The fourth-order valence-electron chi connectivity index (χ4n) is 3.00. The summed E-state index contributed by atoms with van der Waals surface area (Å²) in [6.45, 7) is 6.74. The predicted molar refractivity (Wildman–Crippen MR) is 90.3 cm³/mol. The van der Waals surface area contributed by atoms with E-state index in [9.17, 15) is 9.59 Å². The number of unbranched alkanes of at least 4 members (excludes halogenated alkanes) is 1. The molecule has 0 aromatic heterocycles. The number of para-hydroxylation sites is 1. The molecule has 0 atom stereocenters. The molecular weight excluding hydrogens is 290 g/mol. The van der Waals surface area contributed by atoms with Crippen LogP contribution in [0.15, 0.2) is 18.2 Å². The minimum Gasteiger partial charge on any atom is -0.426 e. The first-order valence-electron chi connectivity index (χ1n) is 8.55. The first kappa shape index (κ1) is 17.5. The Balaban J connectivity index is 1.73. The average molecular weight is 317 g/mol. The van der Waals surface area contributed by atoms with E-state index >= 15 is 0 Å². The third-order valence-corrected chi connectivity index (χ3v) is 4.52. The Morgan fingerprint density at radius 3 is 2.48 bits per heavy atom. The summed E-state index contributed by atoms with van der Waals surface area (Å²) in [5.41, 5.74) is 1.94. The number of hydrogen-bond donors (Lipinski definition) is 1. The number of aryl methyl sites for hydroxylation is 2. The van der Waals surface area contributed by atoms with E-state index < -0.39 is 0 Å². The Morgan fingerprint density at radius 2 is 1.87 bits per heavy atom. The van der Waals surface area contributed by atoms with Gasteiger partial charge in [0.2, 0.25) is 5.91 Å². The molecule has 1 amide bonds. The van der Waals surface area contributed by atoms with Gasteiger partial charge in [-0.1, -0.05) is 31.5 Å². The fraction of sp³-hybridized carbons (Fsp3) is 0.579. The van der Waals surface area contributed by atoms with Crippen LogP contribution in [0.1, 0.15) is 50.2 Å². The lowest BCUT2D eigenvalue weighted by Gasteiger charge is -2.33. The van der Waals surface area contributed by atoms with Crippen molar-refractivity contribution in [3.63, 3.8) is 0 Å². The molecule has 1 aromatic carbocycles.